The van der Waals surface area contributed by atoms with Gasteiger partial charge in [-0.05, 0) is 38.0 Å². The normalized spacial score (nSPS) is 32.4. The minimum Gasteiger partial charge on any atom is -0.481 e. The molecule has 1 aliphatic heterocycles. The summed E-state index contributed by atoms with van der Waals surface area (Å²) >= 11 is 0. The van der Waals surface area contributed by atoms with Crippen molar-refractivity contribution >= 4 is 17.9 Å². The first-order valence-electron chi connectivity index (χ1n) is 5.87. The third-order valence-corrected chi connectivity index (χ3v) is 3.74. The second kappa shape index (κ2) is 4.35. The number of carbonyl (C=O) groups excluding carboxylic acids is 2. The monoisotopic (exact) mass is 240 g/mol. The van der Waals surface area contributed by atoms with Gasteiger partial charge in [0.15, 0.2) is 0 Å². The van der Waals surface area contributed by atoms with Crippen LogP contribution in [0.25, 0.3) is 0 Å². The Balaban J connectivity index is 1.87. The predicted octanol–water partition coefficient (Wildman–Crippen LogP) is 0.620. The van der Waals surface area contributed by atoms with E-state index in [9.17, 15) is 14.4 Å². The molecule has 0 atom stereocenters. The van der Waals surface area contributed by atoms with Crippen molar-refractivity contribution in [3.63, 3.8) is 0 Å². The summed E-state index contributed by atoms with van der Waals surface area (Å²) < 4.78 is 0. The number of rotatable bonds is 3. The number of imide groups is 1. The Hall–Kier alpha value is -1.59. The molecule has 1 spiro atoms. The third-order valence-electron chi connectivity index (χ3n) is 3.74. The topological polar surface area (TPSA) is 95.5 Å². The molecule has 2 rings (SSSR count). The fourth-order valence-electron chi connectivity index (χ4n) is 2.67. The number of hydrogen-bond acceptors (Lipinski definition) is 3. The van der Waals surface area contributed by atoms with E-state index >= 15 is 0 Å². The highest BCUT2D eigenvalue weighted by atomic mass is 16.4. The van der Waals surface area contributed by atoms with Crippen LogP contribution < -0.4 is 10.6 Å². The van der Waals surface area contributed by atoms with Crippen LogP contribution in [0.1, 0.15) is 38.5 Å². The van der Waals surface area contributed by atoms with E-state index in [-0.39, 0.29) is 12.3 Å². The maximum absolute atomic E-state index is 11.6. The largest absolute Gasteiger partial charge is 0.481 e. The lowest BCUT2D eigenvalue weighted by molar-refractivity contribution is -0.137. The summed E-state index contributed by atoms with van der Waals surface area (Å²) in [6.45, 7) is 0. The highest BCUT2D eigenvalue weighted by Gasteiger charge is 2.47. The first-order chi connectivity index (χ1) is 8.02. The van der Waals surface area contributed by atoms with Crippen molar-refractivity contribution in [1.82, 2.24) is 10.6 Å². The predicted molar refractivity (Wildman–Crippen MR) is 58.2 cm³/mol. The maximum Gasteiger partial charge on any atom is 0.322 e. The van der Waals surface area contributed by atoms with Crippen LogP contribution in [0.15, 0.2) is 0 Å². The van der Waals surface area contributed by atoms with Gasteiger partial charge < -0.3 is 10.4 Å². The number of carbonyl (C=O) groups is 3. The van der Waals surface area contributed by atoms with Crippen molar-refractivity contribution in [3.05, 3.63) is 0 Å². The van der Waals surface area contributed by atoms with Gasteiger partial charge in [0, 0.05) is 6.42 Å². The fourth-order valence-corrected chi connectivity index (χ4v) is 2.67. The Morgan fingerprint density at radius 1 is 1.35 bits per heavy atom. The second-order valence-corrected chi connectivity index (χ2v) is 4.87. The quantitative estimate of drug-likeness (QED) is 0.630. The van der Waals surface area contributed by atoms with E-state index in [4.69, 9.17) is 5.11 Å². The first kappa shape index (κ1) is 11.9. The molecule has 0 aromatic carbocycles. The molecule has 1 aliphatic carbocycles. The van der Waals surface area contributed by atoms with Gasteiger partial charge in [0.25, 0.3) is 5.91 Å². The zero-order valence-corrected chi connectivity index (χ0v) is 9.49. The van der Waals surface area contributed by atoms with Crippen LogP contribution in [0.2, 0.25) is 0 Å². The molecule has 2 fully saturated rings. The number of nitrogens with one attached hydrogen (secondary N) is 2. The molecule has 3 N–H and O–H groups in total. The van der Waals surface area contributed by atoms with Crippen LogP contribution in [0.5, 0.6) is 0 Å². The second-order valence-electron chi connectivity index (χ2n) is 4.87. The summed E-state index contributed by atoms with van der Waals surface area (Å²) in [5.41, 5.74) is -0.725. The first-order valence-corrected chi connectivity index (χ1v) is 5.87. The van der Waals surface area contributed by atoms with Crippen LogP contribution >= 0.6 is 0 Å². The van der Waals surface area contributed by atoms with Crippen molar-refractivity contribution in [2.24, 2.45) is 5.92 Å². The molecule has 0 bridgehead atoms. The van der Waals surface area contributed by atoms with Crippen molar-refractivity contribution in [3.8, 4) is 0 Å². The molecule has 0 aromatic rings. The van der Waals surface area contributed by atoms with Gasteiger partial charge in [-0.1, -0.05) is 0 Å². The molecule has 0 radical (unpaired) electrons. The van der Waals surface area contributed by atoms with Gasteiger partial charge in [-0.3, -0.25) is 14.9 Å². The van der Waals surface area contributed by atoms with Crippen molar-refractivity contribution in [1.29, 1.82) is 0 Å². The third kappa shape index (κ3) is 2.40. The van der Waals surface area contributed by atoms with Gasteiger partial charge in [-0.25, -0.2) is 4.79 Å². The molecule has 94 valence electrons. The molecular formula is C11H16N2O4. The molecule has 3 amide bonds. The molecule has 6 nitrogen and oxygen atoms in total. The van der Waals surface area contributed by atoms with E-state index < -0.39 is 17.5 Å². The number of aliphatic carboxylic acids is 1. The van der Waals surface area contributed by atoms with Crippen molar-refractivity contribution < 1.29 is 19.5 Å². The Labute approximate surface area is 98.8 Å². The highest BCUT2D eigenvalue weighted by molar-refractivity contribution is 6.07. The average molecular weight is 240 g/mol. The Bertz CT molecular complexity index is 358. The zero-order valence-electron chi connectivity index (χ0n) is 9.49. The number of carboxylic acid groups (broad SMARTS) is 1. The summed E-state index contributed by atoms with van der Waals surface area (Å²) in [5.74, 6) is -0.668. The molecule has 0 aromatic heterocycles. The smallest absolute Gasteiger partial charge is 0.322 e. The van der Waals surface area contributed by atoms with E-state index in [0.717, 1.165) is 12.8 Å². The lowest BCUT2D eigenvalue weighted by Gasteiger charge is -2.34. The fraction of sp³-hybridized carbons (Fsp3) is 0.727. The summed E-state index contributed by atoms with van der Waals surface area (Å²) in [7, 11) is 0. The summed E-state index contributed by atoms with van der Waals surface area (Å²) in [6, 6.07) is -0.418. The van der Waals surface area contributed by atoms with Crippen LogP contribution in [-0.4, -0.2) is 28.6 Å². The van der Waals surface area contributed by atoms with E-state index in [0.29, 0.717) is 25.2 Å². The average Bonchev–Trinajstić information content (AvgIpc) is 2.53. The van der Waals surface area contributed by atoms with Crippen LogP contribution in [0.4, 0.5) is 4.79 Å². The Morgan fingerprint density at radius 2 is 2.00 bits per heavy atom. The van der Waals surface area contributed by atoms with Gasteiger partial charge in [0.2, 0.25) is 0 Å². The molecule has 17 heavy (non-hydrogen) atoms. The van der Waals surface area contributed by atoms with Crippen LogP contribution in [0, 0.1) is 5.92 Å². The van der Waals surface area contributed by atoms with Gasteiger partial charge in [-0.15, -0.1) is 0 Å². The van der Waals surface area contributed by atoms with Gasteiger partial charge >= 0.3 is 12.0 Å². The summed E-state index contributed by atoms with van der Waals surface area (Å²) in [5, 5.41) is 13.6. The molecule has 1 heterocycles. The minimum absolute atomic E-state index is 0.177. The van der Waals surface area contributed by atoms with E-state index in [1.807, 2.05) is 0 Å². The van der Waals surface area contributed by atoms with Gasteiger partial charge in [-0.2, -0.15) is 0 Å². The number of amides is 3. The number of carboxylic acids is 1. The zero-order chi connectivity index (χ0) is 12.5. The van der Waals surface area contributed by atoms with E-state index in [1.54, 1.807) is 0 Å². The molecule has 1 saturated heterocycles. The lowest BCUT2D eigenvalue weighted by Crippen LogP contribution is -2.49. The molecular weight excluding hydrogens is 224 g/mol. The van der Waals surface area contributed by atoms with Crippen LogP contribution in [-0.2, 0) is 9.59 Å². The molecule has 2 aliphatic rings. The maximum atomic E-state index is 11.6. The minimum atomic E-state index is -0.780. The van der Waals surface area contributed by atoms with Crippen molar-refractivity contribution in [2.45, 2.75) is 44.1 Å². The highest BCUT2D eigenvalue weighted by Crippen LogP contribution is 2.35. The van der Waals surface area contributed by atoms with Crippen molar-refractivity contribution in [2.75, 3.05) is 0 Å². The Kier molecular flexibility index (Phi) is 3.04. The SMILES string of the molecule is O=C(O)CCC1CCC2(CC1)NC(=O)NC2=O. The number of hydrogen-bond donors (Lipinski definition) is 3. The lowest BCUT2D eigenvalue weighted by atomic mass is 9.75. The molecule has 6 heteroatoms. The van der Waals surface area contributed by atoms with E-state index in [2.05, 4.69) is 10.6 Å². The van der Waals surface area contributed by atoms with Gasteiger partial charge in [0.1, 0.15) is 5.54 Å². The molecule has 0 unspecified atom stereocenters. The standard InChI is InChI=1S/C11H16N2O4/c14-8(15)2-1-7-3-5-11(6-4-7)9(16)12-10(17)13-11/h7H,1-6H2,(H,14,15)(H2,12,13,16,17). The Morgan fingerprint density at radius 3 is 2.47 bits per heavy atom. The van der Waals surface area contributed by atoms with E-state index in [1.165, 1.54) is 0 Å². The summed E-state index contributed by atoms with van der Waals surface area (Å²) in [4.78, 5) is 33.2. The number of urea groups is 1. The molecule has 1 saturated carbocycles. The van der Waals surface area contributed by atoms with Crippen LogP contribution in [0.3, 0.4) is 0 Å². The van der Waals surface area contributed by atoms with Gasteiger partial charge in [0.05, 0.1) is 0 Å². The summed E-state index contributed by atoms with van der Waals surface area (Å²) in [6.07, 6.45) is 3.63.